The monoisotopic (exact) mass is 247 g/mol. The zero-order valence-corrected chi connectivity index (χ0v) is 10.1. The molecule has 1 aliphatic rings. The molecule has 0 amide bonds. The summed E-state index contributed by atoms with van der Waals surface area (Å²) >= 11 is 0. The highest BCUT2D eigenvalue weighted by atomic mass is 19.1. The molecular weight excluding hydrogens is 233 g/mol. The molecule has 18 heavy (non-hydrogen) atoms. The Morgan fingerprint density at radius 2 is 2.33 bits per heavy atom. The summed E-state index contributed by atoms with van der Waals surface area (Å²) in [6, 6.07) is 5.03. The highest BCUT2D eigenvalue weighted by Crippen LogP contribution is 2.26. The number of halogens is 1. The van der Waals surface area contributed by atoms with Crippen LogP contribution < -0.4 is 5.32 Å². The van der Waals surface area contributed by atoms with E-state index in [1.165, 1.54) is 6.07 Å². The molecule has 3 rings (SSSR count). The minimum Gasteiger partial charge on any atom is -0.334 e. The Balaban J connectivity index is 1.95. The van der Waals surface area contributed by atoms with Crippen LogP contribution in [0.1, 0.15) is 30.3 Å². The van der Waals surface area contributed by atoms with Crippen LogP contribution in [-0.2, 0) is 0 Å². The fourth-order valence-electron chi connectivity index (χ4n) is 2.23. The average Bonchev–Trinajstić information content (AvgIpc) is 3.01. The van der Waals surface area contributed by atoms with Gasteiger partial charge in [0.15, 0.2) is 5.82 Å². The van der Waals surface area contributed by atoms with E-state index in [2.05, 4.69) is 15.5 Å². The summed E-state index contributed by atoms with van der Waals surface area (Å²) in [4.78, 5) is 4.36. The molecule has 1 aromatic carbocycles. The van der Waals surface area contributed by atoms with Gasteiger partial charge in [0.1, 0.15) is 5.82 Å². The summed E-state index contributed by atoms with van der Waals surface area (Å²) in [5, 5.41) is 7.28. The maximum Gasteiger partial charge on any atom is 0.258 e. The van der Waals surface area contributed by atoms with Crippen LogP contribution in [-0.4, -0.2) is 16.7 Å². The second kappa shape index (κ2) is 4.49. The van der Waals surface area contributed by atoms with Crippen LogP contribution in [0.4, 0.5) is 4.39 Å². The van der Waals surface area contributed by atoms with Crippen LogP contribution in [0.25, 0.3) is 11.5 Å². The van der Waals surface area contributed by atoms with Gasteiger partial charge < -0.3 is 9.84 Å². The third-order valence-electron chi connectivity index (χ3n) is 3.31. The lowest BCUT2D eigenvalue weighted by molar-refractivity contribution is 0.411. The van der Waals surface area contributed by atoms with E-state index in [0.717, 1.165) is 19.4 Å². The van der Waals surface area contributed by atoms with Crippen molar-refractivity contribution in [1.29, 1.82) is 0 Å². The SMILES string of the molecule is Cc1c(F)cccc1-c1nc([C@@H]2CCCN2)no1. The molecule has 1 atom stereocenters. The third kappa shape index (κ3) is 1.90. The van der Waals surface area contributed by atoms with Crippen LogP contribution in [0.5, 0.6) is 0 Å². The van der Waals surface area contributed by atoms with Crippen LogP contribution >= 0.6 is 0 Å². The normalized spacial score (nSPS) is 19.3. The molecule has 5 heteroatoms. The van der Waals surface area contributed by atoms with Crippen LogP contribution in [0.2, 0.25) is 0 Å². The molecule has 1 N–H and O–H groups in total. The summed E-state index contributed by atoms with van der Waals surface area (Å²) in [5.74, 6) is 0.785. The fraction of sp³-hybridized carbons (Fsp3) is 0.385. The van der Waals surface area contributed by atoms with E-state index in [1.807, 2.05) is 0 Å². The van der Waals surface area contributed by atoms with Gasteiger partial charge in [0, 0.05) is 5.56 Å². The van der Waals surface area contributed by atoms with E-state index in [9.17, 15) is 4.39 Å². The van der Waals surface area contributed by atoms with Crippen molar-refractivity contribution in [2.24, 2.45) is 0 Å². The van der Waals surface area contributed by atoms with E-state index in [1.54, 1.807) is 19.1 Å². The molecule has 94 valence electrons. The quantitative estimate of drug-likeness (QED) is 0.886. The highest BCUT2D eigenvalue weighted by Gasteiger charge is 2.22. The fourth-order valence-corrected chi connectivity index (χ4v) is 2.23. The zero-order valence-electron chi connectivity index (χ0n) is 10.1. The first-order valence-corrected chi connectivity index (χ1v) is 6.08. The minimum atomic E-state index is -0.258. The van der Waals surface area contributed by atoms with Crippen LogP contribution in [0.3, 0.4) is 0 Å². The van der Waals surface area contributed by atoms with Gasteiger partial charge in [-0.1, -0.05) is 11.2 Å². The summed E-state index contributed by atoms with van der Waals surface area (Å²) in [6.45, 7) is 2.69. The molecule has 0 unspecified atom stereocenters. The molecule has 1 aromatic heterocycles. The molecule has 1 saturated heterocycles. The van der Waals surface area contributed by atoms with Gasteiger partial charge in [0.25, 0.3) is 5.89 Å². The van der Waals surface area contributed by atoms with Gasteiger partial charge in [0.05, 0.1) is 6.04 Å². The van der Waals surface area contributed by atoms with Crippen molar-refractivity contribution in [3.63, 3.8) is 0 Å². The Kier molecular flexibility index (Phi) is 2.83. The van der Waals surface area contributed by atoms with Crippen molar-refractivity contribution < 1.29 is 8.91 Å². The molecule has 0 bridgehead atoms. The Hall–Kier alpha value is -1.75. The maximum absolute atomic E-state index is 13.5. The summed E-state index contributed by atoms with van der Waals surface area (Å²) < 4.78 is 18.7. The van der Waals surface area contributed by atoms with Crippen molar-refractivity contribution in [3.05, 3.63) is 35.4 Å². The Labute approximate surface area is 104 Å². The van der Waals surface area contributed by atoms with Gasteiger partial charge in [-0.25, -0.2) is 4.39 Å². The van der Waals surface area contributed by atoms with E-state index < -0.39 is 0 Å². The smallest absolute Gasteiger partial charge is 0.258 e. The second-order valence-corrected chi connectivity index (χ2v) is 4.52. The van der Waals surface area contributed by atoms with E-state index in [-0.39, 0.29) is 11.9 Å². The van der Waals surface area contributed by atoms with E-state index in [0.29, 0.717) is 22.8 Å². The van der Waals surface area contributed by atoms with Crippen molar-refractivity contribution in [1.82, 2.24) is 15.5 Å². The Morgan fingerprint density at radius 1 is 1.44 bits per heavy atom. The molecule has 0 aliphatic carbocycles. The number of nitrogens with one attached hydrogen (secondary N) is 1. The Morgan fingerprint density at radius 3 is 3.11 bits per heavy atom. The Bertz CT molecular complexity index is 561. The number of hydrogen-bond donors (Lipinski definition) is 1. The maximum atomic E-state index is 13.5. The summed E-state index contributed by atoms with van der Waals surface area (Å²) in [7, 11) is 0. The van der Waals surface area contributed by atoms with Gasteiger partial charge in [-0.05, 0) is 44.0 Å². The van der Waals surface area contributed by atoms with Gasteiger partial charge in [-0.15, -0.1) is 0 Å². The molecule has 1 aliphatic heterocycles. The summed E-state index contributed by atoms with van der Waals surface area (Å²) in [6.07, 6.45) is 2.13. The summed E-state index contributed by atoms with van der Waals surface area (Å²) in [5.41, 5.74) is 1.19. The molecule has 0 spiro atoms. The van der Waals surface area contributed by atoms with Gasteiger partial charge in [-0.2, -0.15) is 4.98 Å². The number of rotatable bonds is 2. The lowest BCUT2D eigenvalue weighted by atomic mass is 10.1. The molecular formula is C13H14FN3O. The topological polar surface area (TPSA) is 51.0 Å². The molecule has 2 aromatic rings. The number of aromatic nitrogens is 2. The molecule has 1 fully saturated rings. The molecule has 0 radical (unpaired) electrons. The lowest BCUT2D eigenvalue weighted by Gasteiger charge is -2.02. The van der Waals surface area contributed by atoms with E-state index in [4.69, 9.17) is 4.52 Å². The van der Waals surface area contributed by atoms with Crippen molar-refractivity contribution in [2.75, 3.05) is 6.54 Å². The first-order valence-electron chi connectivity index (χ1n) is 6.08. The molecule has 0 saturated carbocycles. The van der Waals surface area contributed by atoms with Crippen LogP contribution in [0, 0.1) is 12.7 Å². The number of nitrogens with zero attached hydrogens (tertiary/aromatic N) is 2. The van der Waals surface area contributed by atoms with Gasteiger partial charge >= 0.3 is 0 Å². The minimum absolute atomic E-state index is 0.163. The van der Waals surface area contributed by atoms with Crippen molar-refractivity contribution in [3.8, 4) is 11.5 Å². The first kappa shape index (κ1) is 11.3. The zero-order chi connectivity index (χ0) is 12.5. The lowest BCUT2D eigenvalue weighted by Crippen LogP contribution is -2.14. The van der Waals surface area contributed by atoms with Crippen molar-refractivity contribution >= 4 is 0 Å². The number of benzene rings is 1. The molecule has 4 nitrogen and oxygen atoms in total. The highest BCUT2D eigenvalue weighted by molar-refractivity contribution is 5.58. The first-order chi connectivity index (χ1) is 8.75. The standard InChI is InChI=1S/C13H14FN3O/c1-8-9(4-2-5-10(8)14)13-16-12(17-18-13)11-6-3-7-15-11/h2,4-5,11,15H,3,6-7H2,1H3/t11-/m0/s1. The number of hydrogen-bond acceptors (Lipinski definition) is 4. The molecule has 2 heterocycles. The average molecular weight is 247 g/mol. The van der Waals surface area contributed by atoms with Crippen molar-refractivity contribution in [2.45, 2.75) is 25.8 Å². The second-order valence-electron chi connectivity index (χ2n) is 4.52. The van der Waals surface area contributed by atoms with Gasteiger partial charge in [0.2, 0.25) is 0 Å². The third-order valence-corrected chi connectivity index (χ3v) is 3.31. The van der Waals surface area contributed by atoms with E-state index >= 15 is 0 Å². The largest absolute Gasteiger partial charge is 0.334 e. The predicted octanol–water partition coefficient (Wildman–Crippen LogP) is 2.61. The predicted molar refractivity (Wildman–Crippen MR) is 64.4 cm³/mol. The van der Waals surface area contributed by atoms with Gasteiger partial charge in [-0.3, -0.25) is 0 Å². The van der Waals surface area contributed by atoms with Crippen LogP contribution in [0.15, 0.2) is 22.7 Å².